The highest BCUT2D eigenvalue weighted by Crippen LogP contribution is 2.20. The molecule has 29 heavy (non-hydrogen) atoms. The van der Waals surface area contributed by atoms with Crippen molar-refractivity contribution >= 4 is 11.8 Å². The number of aromatic nitrogens is 1. The fourth-order valence-electron chi connectivity index (χ4n) is 3.75. The first-order chi connectivity index (χ1) is 14.3. The average Bonchev–Trinajstić information content (AvgIpc) is 3.24. The number of aliphatic imine (C=N–C) groups is 1. The van der Waals surface area contributed by atoms with Gasteiger partial charge in [-0.3, -0.25) is 0 Å². The van der Waals surface area contributed by atoms with E-state index in [-0.39, 0.29) is 0 Å². The molecule has 2 aliphatic heterocycles. The topological polar surface area (TPSA) is 71.5 Å². The Morgan fingerprint density at radius 1 is 1.31 bits per heavy atom. The molecule has 0 saturated carbocycles. The SMILES string of the molecule is CCNC(=NCc1cccnc1N1CCOCC1)N1CCC(COCCOC)C1. The standard InChI is InChI=1S/C21H35N5O3/c1-3-22-21(26-8-6-18(16-26)17-29-14-13-27-2)24-15-19-5-4-7-23-20(19)25-9-11-28-12-10-25/h4-5,7,18H,3,6,8-17H2,1-2H3,(H,22,24). The number of anilines is 1. The first kappa shape index (κ1) is 21.8. The van der Waals surface area contributed by atoms with E-state index in [1.807, 2.05) is 12.3 Å². The smallest absolute Gasteiger partial charge is 0.194 e. The molecule has 0 amide bonds. The van der Waals surface area contributed by atoms with Crippen molar-refractivity contribution in [3.05, 3.63) is 23.9 Å². The Bertz CT molecular complexity index is 636. The quantitative estimate of drug-likeness (QED) is 0.378. The maximum atomic E-state index is 5.72. The van der Waals surface area contributed by atoms with E-state index < -0.39 is 0 Å². The molecular weight excluding hydrogens is 370 g/mol. The summed E-state index contributed by atoms with van der Waals surface area (Å²) in [4.78, 5) is 14.2. The van der Waals surface area contributed by atoms with Crippen molar-refractivity contribution in [2.75, 3.05) is 77.8 Å². The van der Waals surface area contributed by atoms with Gasteiger partial charge in [0.05, 0.1) is 39.6 Å². The van der Waals surface area contributed by atoms with Crippen LogP contribution in [0.3, 0.4) is 0 Å². The number of methoxy groups -OCH3 is 1. The Balaban J connectivity index is 1.60. The van der Waals surface area contributed by atoms with E-state index >= 15 is 0 Å². The van der Waals surface area contributed by atoms with E-state index in [1.165, 1.54) is 0 Å². The Kier molecular flexibility index (Phi) is 8.98. The van der Waals surface area contributed by atoms with Gasteiger partial charge in [-0.1, -0.05) is 6.07 Å². The molecule has 2 aliphatic rings. The number of nitrogens with zero attached hydrogens (tertiary/aromatic N) is 4. The fraction of sp³-hybridized carbons (Fsp3) is 0.714. The second-order valence-electron chi connectivity index (χ2n) is 7.42. The zero-order chi connectivity index (χ0) is 20.3. The first-order valence-corrected chi connectivity index (χ1v) is 10.7. The van der Waals surface area contributed by atoms with Gasteiger partial charge < -0.3 is 29.3 Å². The normalized spacial score (nSPS) is 20.3. The summed E-state index contributed by atoms with van der Waals surface area (Å²) in [6.07, 6.45) is 2.99. The van der Waals surface area contributed by atoms with Crippen LogP contribution in [0.4, 0.5) is 5.82 Å². The van der Waals surface area contributed by atoms with Gasteiger partial charge >= 0.3 is 0 Å². The van der Waals surface area contributed by atoms with Crippen molar-refractivity contribution < 1.29 is 14.2 Å². The number of ether oxygens (including phenoxy) is 3. The molecule has 8 nitrogen and oxygen atoms in total. The molecule has 0 aliphatic carbocycles. The third kappa shape index (κ3) is 6.55. The summed E-state index contributed by atoms with van der Waals surface area (Å²) < 4.78 is 16.2. The van der Waals surface area contributed by atoms with Crippen LogP contribution in [0.2, 0.25) is 0 Å². The van der Waals surface area contributed by atoms with Gasteiger partial charge in [0, 0.05) is 57.5 Å². The van der Waals surface area contributed by atoms with Gasteiger partial charge in [0.25, 0.3) is 0 Å². The molecule has 2 fully saturated rings. The number of hydrogen-bond acceptors (Lipinski definition) is 6. The number of pyridine rings is 1. The van der Waals surface area contributed by atoms with Crippen molar-refractivity contribution in [2.45, 2.75) is 19.9 Å². The molecule has 1 aromatic rings. The van der Waals surface area contributed by atoms with Gasteiger partial charge in [-0.05, 0) is 19.4 Å². The lowest BCUT2D eigenvalue weighted by Gasteiger charge is -2.29. The molecule has 2 saturated heterocycles. The number of rotatable bonds is 9. The summed E-state index contributed by atoms with van der Waals surface area (Å²) in [5.41, 5.74) is 1.16. The highest BCUT2D eigenvalue weighted by molar-refractivity contribution is 5.80. The molecule has 3 heterocycles. The predicted octanol–water partition coefficient (Wildman–Crippen LogP) is 1.37. The summed E-state index contributed by atoms with van der Waals surface area (Å²) in [7, 11) is 1.70. The van der Waals surface area contributed by atoms with Crippen LogP contribution >= 0.6 is 0 Å². The van der Waals surface area contributed by atoms with Crippen LogP contribution in [0.5, 0.6) is 0 Å². The van der Waals surface area contributed by atoms with Crippen LogP contribution in [0.15, 0.2) is 23.3 Å². The van der Waals surface area contributed by atoms with Crippen molar-refractivity contribution in [3.63, 3.8) is 0 Å². The van der Waals surface area contributed by atoms with E-state index in [2.05, 4.69) is 33.1 Å². The number of likely N-dealkylation sites (tertiary alicyclic amines) is 1. The number of hydrogen-bond donors (Lipinski definition) is 1. The van der Waals surface area contributed by atoms with Gasteiger partial charge in [0.1, 0.15) is 5.82 Å². The molecule has 3 rings (SSSR count). The van der Waals surface area contributed by atoms with Gasteiger partial charge in [-0.25, -0.2) is 9.98 Å². The zero-order valence-corrected chi connectivity index (χ0v) is 17.8. The molecule has 8 heteroatoms. The van der Waals surface area contributed by atoms with E-state index in [4.69, 9.17) is 19.2 Å². The fourth-order valence-corrected chi connectivity index (χ4v) is 3.75. The Hall–Kier alpha value is -1.90. The molecule has 1 atom stereocenters. The largest absolute Gasteiger partial charge is 0.382 e. The van der Waals surface area contributed by atoms with Crippen LogP contribution in [0.25, 0.3) is 0 Å². The lowest BCUT2D eigenvalue weighted by atomic mass is 10.1. The Morgan fingerprint density at radius 3 is 2.97 bits per heavy atom. The van der Waals surface area contributed by atoms with Gasteiger partial charge in [0.15, 0.2) is 5.96 Å². The molecule has 0 spiro atoms. The summed E-state index contributed by atoms with van der Waals surface area (Å²) >= 11 is 0. The predicted molar refractivity (Wildman–Crippen MR) is 114 cm³/mol. The third-order valence-electron chi connectivity index (χ3n) is 5.28. The van der Waals surface area contributed by atoms with E-state index in [0.29, 0.717) is 25.7 Å². The van der Waals surface area contributed by atoms with Crippen molar-refractivity contribution in [2.24, 2.45) is 10.9 Å². The molecular formula is C21H35N5O3. The molecule has 162 valence electrons. The molecule has 0 radical (unpaired) electrons. The van der Waals surface area contributed by atoms with Crippen LogP contribution in [-0.4, -0.2) is 88.7 Å². The Labute approximate surface area is 174 Å². The molecule has 1 N–H and O–H groups in total. The van der Waals surface area contributed by atoms with Gasteiger partial charge in [-0.15, -0.1) is 0 Å². The van der Waals surface area contributed by atoms with Crippen LogP contribution in [0, 0.1) is 5.92 Å². The second kappa shape index (κ2) is 11.9. The zero-order valence-electron chi connectivity index (χ0n) is 17.8. The molecule has 0 bridgehead atoms. The van der Waals surface area contributed by atoms with E-state index in [9.17, 15) is 0 Å². The van der Waals surface area contributed by atoms with Crippen LogP contribution in [0.1, 0.15) is 18.9 Å². The highest BCUT2D eigenvalue weighted by Gasteiger charge is 2.25. The number of morpholine rings is 1. The third-order valence-corrected chi connectivity index (χ3v) is 5.28. The molecule has 1 unspecified atom stereocenters. The number of nitrogens with one attached hydrogen (secondary N) is 1. The number of guanidine groups is 1. The minimum atomic E-state index is 0.540. The highest BCUT2D eigenvalue weighted by atomic mass is 16.5. The lowest BCUT2D eigenvalue weighted by molar-refractivity contribution is 0.0536. The summed E-state index contributed by atoms with van der Waals surface area (Å²) in [6, 6.07) is 4.12. The van der Waals surface area contributed by atoms with Crippen LogP contribution in [-0.2, 0) is 20.8 Å². The summed E-state index contributed by atoms with van der Waals surface area (Å²) in [6.45, 7) is 10.9. The minimum absolute atomic E-state index is 0.540. The maximum absolute atomic E-state index is 5.72. The summed E-state index contributed by atoms with van der Waals surface area (Å²) in [5, 5.41) is 3.45. The monoisotopic (exact) mass is 405 g/mol. The first-order valence-electron chi connectivity index (χ1n) is 10.7. The van der Waals surface area contributed by atoms with Crippen molar-refractivity contribution in [3.8, 4) is 0 Å². The average molecular weight is 406 g/mol. The summed E-state index contributed by atoms with van der Waals surface area (Å²) in [5.74, 6) is 2.54. The minimum Gasteiger partial charge on any atom is -0.382 e. The van der Waals surface area contributed by atoms with Gasteiger partial charge in [-0.2, -0.15) is 0 Å². The van der Waals surface area contributed by atoms with Crippen LogP contribution < -0.4 is 10.2 Å². The second-order valence-corrected chi connectivity index (χ2v) is 7.42. The maximum Gasteiger partial charge on any atom is 0.194 e. The van der Waals surface area contributed by atoms with E-state index in [1.54, 1.807) is 7.11 Å². The van der Waals surface area contributed by atoms with Crippen molar-refractivity contribution in [1.82, 2.24) is 15.2 Å². The van der Waals surface area contributed by atoms with Gasteiger partial charge in [0.2, 0.25) is 0 Å². The molecule has 1 aromatic heterocycles. The molecule has 0 aromatic carbocycles. The van der Waals surface area contributed by atoms with Crippen molar-refractivity contribution in [1.29, 1.82) is 0 Å². The van der Waals surface area contributed by atoms with E-state index in [0.717, 1.165) is 76.3 Å². The lowest BCUT2D eigenvalue weighted by Crippen LogP contribution is -2.40. The Morgan fingerprint density at radius 2 is 2.17 bits per heavy atom.